The molecule has 0 spiro atoms. The number of nitrogens with one attached hydrogen (secondary N) is 1. The summed E-state index contributed by atoms with van der Waals surface area (Å²) < 4.78 is 66.5. The van der Waals surface area contributed by atoms with Gasteiger partial charge in [-0.15, -0.1) is 0 Å². The molecule has 2 saturated heterocycles. The number of nitrogens with zero attached hydrogens (tertiary/aromatic N) is 2. The van der Waals surface area contributed by atoms with Crippen LogP contribution in [-0.4, -0.2) is 62.5 Å². The van der Waals surface area contributed by atoms with Gasteiger partial charge in [-0.2, -0.15) is 0 Å². The Morgan fingerprint density at radius 2 is 1.78 bits per heavy atom. The van der Waals surface area contributed by atoms with Gasteiger partial charge in [-0.1, -0.05) is 12.1 Å². The summed E-state index contributed by atoms with van der Waals surface area (Å²) in [6.07, 6.45) is 1.32. The van der Waals surface area contributed by atoms with Gasteiger partial charge in [0.1, 0.15) is 10.6 Å². The second-order valence-corrected chi connectivity index (χ2v) is 11.3. The molecule has 0 radical (unpaired) electrons. The lowest BCUT2D eigenvalue weighted by molar-refractivity contribution is 0.123. The number of ether oxygens (including phenoxy) is 2. The zero-order chi connectivity index (χ0) is 22.8. The Kier molecular flexibility index (Phi) is 6.50. The van der Waals surface area contributed by atoms with Crippen molar-refractivity contribution < 1.29 is 26.3 Å². The van der Waals surface area contributed by atoms with Crippen LogP contribution >= 0.6 is 0 Å². The molecule has 0 atom stereocenters. The first-order valence-corrected chi connectivity index (χ1v) is 13.5. The van der Waals surface area contributed by atoms with Gasteiger partial charge >= 0.3 is 0 Å². The van der Waals surface area contributed by atoms with Crippen LogP contribution in [0.2, 0.25) is 0 Å². The van der Waals surface area contributed by atoms with Crippen molar-refractivity contribution in [1.82, 2.24) is 0 Å². The number of sulfonamides is 2. The Bertz CT molecular complexity index is 1180. The summed E-state index contributed by atoms with van der Waals surface area (Å²) in [6.45, 7) is 2.78. The van der Waals surface area contributed by atoms with Crippen LogP contribution in [0.3, 0.4) is 0 Å². The van der Waals surface area contributed by atoms with Crippen LogP contribution in [0.1, 0.15) is 12.8 Å². The van der Waals surface area contributed by atoms with Crippen LogP contribution in [0.5, 0.6) is 5.75 Å². The molecule has 0 saturated carbocycles. The van der Waals surface area contributed by atoms with E-state index < -0.39 is 20.0 Å². The first kappa shape index (κ1) is 22.7. The lowest BCUT2D eigenvalue weighted by Crippen LogP contribution is -2.38. The molecule has 2 aromatic rings. The molecule has 2 aliphatic heterocycles. The molecule has 2 heterocycles. The van der Waals surface area contributed by atoms with E-state index in [-0.39, 0.29) is 16.4 Å². The highest BCUT2D eigenvalue weighted by Gasteiger charge is 2.29. The van der Waals surface area contributed by atoms with Gasteiger partial charge in [0.2, 0.25) is 10.0 Å². The van der Waals surface area contributed by atoms with Gasteiger partial charge < -0.3 is 14.4 Å². The second kappa shape index (κ2) is 9.16. The van der Waals surface area contributed by atoms with E-state index in [0.717, 1.165) is 12.1 Å². The van der Waals surface area contributed by atoms with Crippen molar-refractivity contribution in [3.05, 3.63) is 42.5 Å². The molecule has 2 aromatic carbocycles. The summed E-state index contributed by atoms with van der Waals surface area (Å²) >= 11 is 0. The minimum atomic E-state index is -4.07. The number of methoxy groups -OCH3 is 1. The fourth-order valence-electron chi connectivity index (χ4n) is 3.95. The number of anilines is 3. The summed E-state index contributed by atoms with van der Waals surface area (Å²) in [5.74, 6) is 0.186. The minimum Gasteiger partial charge on any atom is -0.495 e. The van der Waals surface area contributed by atoms with E-state index in [1.54, 1.807) is 18.2 Å². The van der Waals surface area contributed by atoms with Crippen molar-refractivity contribution in [2.24, 2.45) is 0 Å². The van der Waals surface area contributed by atoms with Gasteiger partial charge in [-0.25, -0.2) is 16.8 Å². The zero-order valence-electron chi connectivity index (χ0n) is 17.9. The topological polar surface area (TPSA) is 105 Å². The fraction of sp³-hybridized carbons (Fsp3) is 0.429. The Morgan fingerprint density at radius 3 is 2.50 bits per heavy atom. The first-order valence-electron chi connectivity index (χ1n) is 10.4. The van der Waals surface area contributed by atoms with Crippen LogP contribution in [0.25, 0.3) is 0 Å². The Balaban J connectivity index is 1.70. The van der Waals surface area contributed by atoms with Crippen LogP contribution in [0.15, 0.2) is 47.4 Å². The Hall–Kier alpha value is -2.50. The normalized spacial score (nSPS) is 18.9. The number of para-hydroxylation sites is 2. The van der Waals surface area contributed by atoms with Crippen molar-refractivity contribution in [2.75, 3.05) is 59.6 Å². The molecule has 174 valence electrons. The molecule has 32 heavy (non-hydrogen) atoms. The molecular weight excluding hydrogens is 454 g/mol. The average molecular weight is 482 g/mol. The maximum atomic E-state index is 13.4. The quantitative estimate of drug-likeness (QED) is 0.675. The maximum Gasteiger partial charge on any atom is 0.265 e. The molecule has 2 fully saturated rings. The van der Waals surface area contributed by atoms with Gasteiger partial charge in [-0.3, -0.25) is 9.03 Å². The first-order chi connectivity index (χ1) is 15.3. The van der Waals surface area contributed by atoms with E-state index in [2.05, 4.69) is 9.62 Å². The van der Waals surface area contributed by atoms with Crippen LogP contribution < -0.4 is 18.7 Å². The van der Waals surface area contributed by atoms with Crippen LogP contribution in [-0.2, 0) is 24.8 Å². The van der Waals surface area contributed by atoms with E-state index >= 15 is 0 Å². The predicted octanol–water partition coefficient (Wildman–Crippen LogP) is 2.26. The molecule has 4 rings (SSSR count). The molecule has 11 heteroatoms. The molecule has 0 amide bonds. The molecule has 0 aliphatic carbocycles. The van der Waals surface area contributed by atoms with Gasteiger partial charge in [-0.05, 0) is 43.2 Å². The van der Waals surface area contributed by atoms with Crippen molar-refractivity contribution >= 4 is 37.1 Å². The minimum absolute atomic E-state index is 0.0479. The summed E-state index contributed by atoms with van der Waals surface area (Å²) in [6, 6.07) is 11.6. The molecule has 0 unspecified atom stereocenters. The number of hydrogen-bond donors (Lipinski definition) is 1. The third-order valence-electron chi connectivity index (χ3n) is 5.57. The van der Waals surface area contributed by atoms with E-state index in [1.807, 2.05) is 12.1 Å². The Morgan fingerprint density at radius 1 is 1.03 bits per heavy atom. The van der Waals surface area contributed by atoms with Crippen molar-refractivity contribution in [3.8, 4) is 5.75 Å². The standard InChI is InChI=1S/C21H27N3O6S2/c1-29-20-9-8-17(24-10-4-5-15-31(24,25)26)16-21(20)32(27,28)22-18-6-2-3-7-19(18)23-11-13-30-14-12-23/h2-3,6-9,16,22H,4-5,10-15H2,1H3. The average Bonchev–Trinajstić information content (AvgIpc) is 2.79. The number of rotatable bonds is 6. The third-order valence-corrected chi connectivity index (χ3v) is 8.83. The van der Waals surface area contributed by atoms with E-state index in [9.17, 15) is 16.8 Å². The fourth-order valence-corrected chi connectivity index (χ4v) is 6.84. The van der Waals surface area contributed by atoms with Gasteiger partial charge in [0.25, 0.3) is 10.0 Å². The van der Waals surface area contributed by atoms with Crippen molar-refractivity contribution in [1.29, 1.82) is 0 Å². The summed E-state index contributed by atoms with van der Waals surface area (Å²) in [7, 11) is -6.17. The van der Waals surface area contributed by atoms with Gasteiger partial charge in [0.15, 0.2) is 0 Å². The highest BCUT2D eigenvalue weighted by Crippen LogP contribution is 2.34. The highest BCUT2D eigenvalue weighted by molar-refractivity contribution is 7.93. The Labute approximate surface area is 189 Å². The summed E-state index contributed by atoms with van der Waals surface area (Å²) in [5, 5.41) is 0. The molecule has 2 aliphatic rings. The number of morpholine rings is 1. The molecule has 9 nitrogen and oxygen atoms in total. The zero-order valence-corrected chi connectivity index (χ0v) is 19.5. The number of benzene rings is 2. The highest BCUT2D eigenvalue weighted by atomic mass is 32.2. The molecule has 0 aromatic heterocycles. The predicted molar refractivity (Wildman–Crippen MR) is 124 cm³/mol. The monoisotopic (exact) mass is 481 g/mol. The summed E-state index contributed by atoms with van der Waals surface area (Å²) in [4.78, 5) is 1.95. The summed E-state index contributed by atoms with van der Waals surface area (Å²) in [5.41, 5.74) is 1.51. The van der Waals surface area contributed by atoms with Crippen LogP contribution in [0, 0.1) is 0 Å². The van der Waals surface area contributed by atoms with Gasteiger partial charge in [0.05, 0.1) is 43.1 Å². The SMILES string of the molecule is COc1ccc(N2CCCCS2(=O)=O)cc1S(=O)(=O)Nc1ccccc1N1CCOCC1. The second-order valence-electron chi connectivity index (χ2n) is 7.65. The van der Waals surface area contributed by atoms with Crippen LogP contribution in [0.4, 0.5) is 17.1 Å². The molecule has 1 N–H and O–H groups in total. The smallest absolute Gasteiger partial charge is 0.265 e. The van der Waals surface area contributed by atoms with E-state index in [0.29, 0.717) is 50.6 Å². The van der Waals surface area contributed by atoms with Crippen molar-refractivity contribution in [2.45, 2.75) is 17.7 Å². The largest absolute Gasteiger partial charge is 0.495 e. The van der Waals surface area contributed by atoms with Crippen molar-refractivity contribution in [3.63, 3.8) is 0 Å². The van der Waals surface area contributed by atoms with E-state index in [4.69, 9.17) is 9.47 Å². The molecule has 0 bridgehead atoms. The molecular formula is C21H27N3O6S2. The number of hydrogen-bond acceptors (Lipinski definition) is 7. The van der Waals surface area contributed by atoms with Gasteiger partial charge in [0, 0.05) is 19.6 Å². The lowest BCUT2D eigenvalue weighted by atomic mass is 10.2. The third kappa shape index (κ3) is 4.64. The van der Waals surface area contributed by atoms with E-state index in [1.165, 1.54) is 23.5 Å². The maximum absolute atomic E-state index is 13.4. The lowest BCUT2D eigenvalue weighted by Gasteiger charge is -2.31.